The lowest BCUT2D eigenvalue weighted by atomic mass is 9.96. The van der Waals surface area contributed by atoms with Crippen LogP contribution in [0, 0.1) is 12.7 Å². The predicted octanol–water partition coefficient (Wildman–Crippen LogP) is 8.38. The van der Waals surface area contributed by atoms with E-state index < -0.39 is 41.6 Å². The van der Waals surface area contributed by atoms with E-state index in [1.165, 1.54) is 43.3 Å². The largest absolute Gasteiger partial charge is 0.507 e. The van der Waals surface area contributed by atoms with Gasteiger partial charge in [0.2, 0.25) is 0 Å². The molecule has 3 rings (SSSR count). The number of rotatable bonds is 15. The third-order valence-corrected chi connectivity index (χ3v) is 7.31. The molecular weight excluding hydrogens is 618 g/mol. The molecule has 3 aromatic rings. The second-order valence-electron chi connectivity index (χ2n) is 10.8. The van der Waals surface area contributed by atoms with Crippen LogP contribution in [0.15, 0.2) is 48.5 Å². The number of halogens is 5. The molecule has 45 heavy (non-hydrogen) atoms. The molecule has 0 radical (unpaired) electrons. The third kappa shape index (κ3) is 10.4. The van der Waals surface area contributed by atoms with Gasteiger partial charge in [-0.25, -0.2) is 4.39 Å². The van der Waals surface area contributed by atoms with Gasteiger partial charge < -0.3 is 25.0 Å². The van der Waals surface area contributed by atoms with Gasteiger partial charge in [0.1, 0.15) is 23.4 Å². The summed E-state index contributed by atoms with van der Waals surface area (Å²) in [5.74, 6) is -2.14. The van der Waals surface area contributed by atoms with Crippen LogP contribution in [0.1, 0.15) is 74.3 Å². The summed E-state index contributed by atoms with van der Waals surface area (Å²) < 4.78 is 66.7. The van der Waals surface area contributed by atoms with Gasteiger partial charge >= 0.3 is 18.1 Å². The number of carbonyl (C=O) groups excluding carboxylic acids is 1. The van der Waals surface area contributed by atoms with Gasteiger partial charge in [0.25, 0.3) is 0 Å². The average molecular weight is 654 g/mol. The van der Waals surface area contributed by atoms with Crippen molar-refractivity contribution in [3.05, 3.63) is 81.6 Å². The molecule has 244 valence electrons. The van der Waals surface area contributed by atoms with E-state index in [-0.39, 0.29) is 60.1 Å². The number of aliphatic carboxylic acids is 1. The number of ether oxygens (including phenoxy) is 2. The Morgan fingerprint density at radius 3 is 2.42 bits per heavy atom. The molecule has 0 saturated heterocycles. The maximum Gasteiger partial charge on any atom is 0.416 e. The first-order valence-corrected chi connectivity index (χ1v) is 14.8. The number of aryl methyl sites for hydroxylation is 1. The number of phenolic OH excluding ortho intramolecular Hbond substituents is 1. The van der Waals surface area contributed by atoms with Crippen molar-refractivity contribution >= 4 is 23.5 Å². The molecule has 2 atom stereocenters. The fourth-order valence-corrected chi connectivity index (χ4v) is 4.96. The van der Waals surface area contributed by atoms with Crippen LogP contribution >= 0.6 is 11.6 Å². The number of alkyl halides is 3. The van der Waals surface area contributed by atoms with Crippen LogP contribution in [-0.4, -0.2) is 34.8 Å². The van der Waals surface area contributed by atoms with Gasteiger partial charge in [0.15, 0.2) is 0 Å². The van der Waals surface area contributed by atoms with Crippen LogP contribution in [0.5, 0.6) is 11.5 Å². The Morgan fingerprint density at radius 2 is 1.76 bits per heavy atom. The number of phenols is 1. The highest BCUT2D eigenvalue weighted by atomic mass is 35.5. The van der Waals surface area contributed by atoms with Crippen molar-refractivity contribution in [1.29, 1.82) is 0 Å². The van der Waals surface area contributed by atoms with Crippen LogP contribution < -0.4 is 10.1 Å². The molecule has 7 nitrogen and oxygen atoms in total. The van der Waals surface area contributed by atoms with Gasteiger partial charge in [-0.05, 0) is 73.7 Å². The Kier molecular flexibility index (Phi) is 12.6. The lowest BCUT2D eigenvalue weighted by molar-refractivity contribution is -0.151. The van der Waals surface area contributed by atoms with E-state index in [4.69, 9.17) is 26.2 Å². The van der Waals surface area contributed by atoms with Gasteiger partial charge in [-0.2, -0.15) is 13.2 Å². The van der Waals surface area contributed by atoms with E-state index in [0.29, 0.717) is 23.1 Å². The van der Waals surface area contributed by atoms with Crippen molar-refractivity contribution in [3.63, 3.8) is 0 Å². The standard InChI is InChI=1S/C33H36ClF4NO6/c1-4-5-8-31(43)45-32(21-12-19(2)13-23(14-21)33(36,37)38)20(3)39-18-22-15-24(35)9-10-25(22)26-16-29(27(34)17-28(26)40)44-11-6-7-30(41)42/h9-10,12-17,20,32,39-40H,4-8,11,18H2,1-3H3,(H,41,42)/t20-,32-/m0/s1. The molecule has 0 aromatic heterocycles. The van der Waals surface area contributed by atoms with E-state index in [1.807, 2.05) is 6.92 Å². The fourth-order valence-electron chi connectivity index (χ4n) is 4.75. The van der Waals surface area contributed by atoms with Crippen molar-refractivity contribution in [1.82, 2.24) is 5.32 Å². The summed E-state index contributed by atoms with van der Waals surface area (Å²) in [6.45, 7) is 5.10. The zero-order valence-electron chi connectivity index (χ0n) is 25.1. The van der Waals surface area contributed by atoms with E-state index in [2.05, 4.69) is 5.32 Å². The average Bonchev–Trinajstić information content (AvgIpc) is 2.96. The summed E-state index contributed by atoms with van der Waals surface area (Å²) in [6, 6.07) is 9.40. The summed E-state index contributed by atoms with van der Waals surface area (Å²) in [5.41, 5.74) is 0.679. The van der Waals surface area contributed by atoms with Crippen molar-refractivity contribution < 1.29 is 46.8 Å². The zero-order chi connectivity index (χ0) is 33.3. The number of unbranched alkanes of at least 4 members (excludes halogenated alkanes) is 1. The molecule has 0 bridgehead atoms. The van der Waals surface area contributed by atoms with Gasteiger partial charge in [-0.3, -0.25) is 9.59 Å². The Bertz CT molecular complexity index is 1500. The SMILES string of the molecule is CCCCC(=O)O[C@H](c1cc(C)cc(C(F)(F)F)c1)[C@H](C)NCc1cc(F)ccc1-c1cc(OCCCC(=O)O)c(Cl)cc1O. The summed E-state index contributed by atoms with van der Waals surface area (Å²) in [6.07, 6.45) is -4.21. The quantitative estimate of drug-likeness (QED) is 0.0860. The number of aromatic hydroxyl groups is 1. The number of carbonyl (C=O) groups is 2. The minimum absolute atomic E-state index is 0.0217. The molecule has 0 unspecified atom stereocenters. The van der Waals surface area contributed by atoms with Crippen LogP contribution in [0.4, 0.5) is 17.6 Å². The molecule has 0 fully saturated rings. The van der Waals surface area contributed by atoms with Gasteiger partial charge in [-0.15, -0.1) is 0 Å². The van der Waals surface area contributed by atoms with Crippen molar-refractivity contribution in [3.8, 4) is 22.6 Å². The van der Waals surface area contributed by atoms with Crippen molar-refractivity contribution in [2.24, 2.45) is 0 Å². The summed E-state index contributed by atoms with van der Waals surface area (Å²) in [5, 5.41) is 22.8. The number of carboxylic acids is 1. The molecule has 0 spiro atoms. The van der Waals surface area contributed by atoms with Gasteiger partial charge in [-0.1, -0.05) is 42.6 Å². The molecular formula is C33H36ClF4NO6. The molecule has 0 amide bonds. The smallest absolute Gasteiger partial charge is 0.416 e. The van der Waals surface area contributed by atoms with E-state index in [9.17, 15) is 32.3 Å². The number of esters is 1. The number of carboxylic acid groups (broad SMARTS) is 1. The lowest BCUT2D eigenvalue weighted by Crippen LogP contribution is -2.34. The van der Waals surface area contributed by atoms with E-state index in [0.717, 1.165) is 18.6 Å². The molecule has 3 aromatic carbocycles. The minimum atomic E-state index is -4.61. The Balaban J connectivity index is 1.92. The van der Waals surface area contributed by atoms with Crippen molar-refractivity contribution in [2.75, 3.05) is 6.61 Å². The number of nitrogens with one attached hydrogen (secondary N) is 1. The maximum atomic E-state index is 14.5. The first-order valence-electron chi connectivity index (χ1n) is 14.5. The number of benzene rings is 3. The molecule has 0 aliphatic heterocycles. The highest BCUT2D eigenvalue weighted by Gasteiger charge is 2.33. The molecule has 12 heteroatoms. The monoisotopic (exact) mass is 653 g/mol. The molecule has 3 N–H and O–H groups in total. The van der Waals surface area contributed by atoms with Gasteiger partial charge in [0.05, 0.1) is 17.2 Å². The second-order valence-corrected chi connectivity index (χ2v) is 11.2. The first-order chi connectivity index (χ1) is 21.2. The second kappa shape index (κ2) is 15.9. The number of hydrogen-bond donors (Lipinski definition) is 3. The third-order valence-electron chi connectivity index (χ3n) is 7.02. The maximum absolute atomic E-state index is 14.5. The van der Waals surface area contributed by atoms with Gasteiger partial charge in [0, 0.05) is 37.1 Å². The molecule has 0 heterocycles. The summed E-state index contributed by atoms with van der Waals surface area (Å²) in [4.78, 5) is 23.4. The summed E-state index contributed by atoms with van der Waals surface area (Å²) >= 11 is 6.23. The zero-order valence-corrected chi connectivity index (χ0v) is 25.9. The molecule has 0 aliphatic rings. The molecule has 0 aliphatic carbocycles. The first kappa shape index (κ1) is 35.6. The van der Waals surface area contributed by atoms with E-state index >= 15 is 0 Å². The predicted molar refractivity (Wildman–Crippen MR) is 162 cm³/mol. The van der Waals surface area contributed by atoms with Crippen LogP contribution in [0.3, 0.4) is 0 Å². The normalized spacial score (nSPS) is 12.9. The fraction of sp³-hybridized carbons (Fsp3) is 0.394. The highest BCUT2D eigenvalue weighted by molar-refractivity contribution is 6.32. The van der Waals surface area contributed by atoms with Crippen molar-refractivity contribution in [2.45, 2.75) is 77.7 Å². The Hall–Kier alpha value is -3.83. The lowest BCUT2D eigenvalue weighted by Gasteiger charge is -2.27. The van der Waals surface area contributed by atoms with Crippen LogP contribution in [-0.2, 0) is 27.0 Å². The summed E-state index contributed by atoms with van der Waals surface area (Å²) in [7, 11) is 0. The van der Waals surface area contributed by atoms with Crippen LogP contribution in [0.2, 0.25) is 5.02 Å². The Labute approximate surface area is 264 Å². The Morgan fingerprint density at radius 1 is 1.02 bits per heavy atom. The molecule has 0 saturated carbocycles. The highest BCUT2D eigenvalue weighted by Crippen LogP contribution is 2.40. The minimum Gasteiger partial charge on any atom is -0.507 e. The number of hydrogen-bond acceptors (Lipinski definition) is 6. The van der Waals surface area contributed by atoms with Crippen LogP contribution in [0.25, 0.3) is 11.1 Å². The topological polar surface area (TPSA) is 105 Å². The van der Waals surface area contributed by atoms with E-state index in [1.54, 1.807) is 6.92 Å².